The van der Waals surface area contributed by atoms with E-state index in [1.54, 1.807) is 6.92 Å². The summed E-state index contributed by atoms with van der Waals surface area (Å²) in [6.45, 7) is 1.53. The molecule has 0 unspecified atom stereocenters. The molecule has 2 fully saturated rings. The molecule has 0 radical (unpaired) electrons. The average molecular weight is 361 g/mol. The van der Waals surface area contributed by atoms with Crippen molar-refractivity contribution < 1.29 is 21.2 Å². The van der Waals surface area contributed by atoms with Crippen LogP contribution in [0.3, 0.4) is 0 Å². The van der Waals surface area contributed by atoms with Crippen LogP contribution < -0.4 is 0 Å². The zero-order valence-corrected chi connectivity index (χ0v) is 14.5. The summed E-state index contributed by atoms with van der Waals surface area (Å²) >= 11 is 0. The third-order valence-electron chi connectivity index (χ3n) is 4.83. The summed E-state index contributed by atoms with van der Waals surface area (Å²) in [5.41, 5.74) is 0.339. The van der Waals surface area contributed by atoms with E-state index in [-0.39, 0.29) is 28.9 Å². The van der Waals surface area contributed by atoms with E-state index in [1.165, 1.54) is 16.4 Å². The molecule has 8 heteroatoms. The van der Waals surface area contributed by atoms with Gasteiger partial charge < -0.3 is 0 Å². The molecule has 1 aliphatic heterocycles. The van der Waals surface area contributed by atoms with Gasteiger partial charge in [-0.15, -0.1) is 0 Å². The number of sulfone groups is 1. The first-order valence-corrected chi connectivity index (χ1v) is 11.0. The number of halogens is 1. The van der Waals surface area contributed by atoms with E-state index < -0.39 is 31.7 Å². The molecule has 1 aromatic rings. The van der Waals surface area contributed by atoms with Crippen LogP contribution in [0.4, 0.5) is 4.39 Å². The molecule has 1 saturated carbocycles. The fourth-order valence-electron chi connectivity index (χ4n) is 3.34. The molecular weight excluding hydrogens is 341 g/mol. The maximum atomic E-state index is 13.3. The van der Waals surface area contributed by atoms with Crippen LogP contribution in [-0.4, -0.2) is 45.2 Å². The minimum atomic E-state index is -3.83. The normalized spacial score (nSPS) is 25.9. The van der Waals surface area contributed by atoms with Gasteiger partial charge in [0.15, 0.2) is 9.84 Å². The Labute approximate surface area is 136 Å². The highest BCUT2D eigenvalue weighted by Gasteiger charge is 2.44. The van der Waals surface area contributed by atoms with E-state index in [0.29, 0.717) is 5.56 Å². The van der Waals surface area contributed by atoms with Gasteiger partial charge in [0.2, 0.25) is 10.0 Å². The number of sulfonamides is 1. The molecule has 1 saturated heterocycles. The number of aryl methyl sites for hydroxylation is 1. The molecule has 0 spiro atoms. The van der Waals surface area contributed by atoms with Gasteiger partial charge in [0, 0.05) is 12.6 Å². The largest absolute Gasteiger partial charge is 0.243 e. The Kier molecular flexibility index (Phi) is 4.27. The van der Waals surface area contributed by atoms with Gasteiger partial charge >= 0.3 is 0 Å². The third-order valence-corrected chi connectivity index (χ3v) is 8.57. The van der Waals surface area contributed by atoms with Gasteiger partial charge in [-0.3, -0.25) is 0 Å². The van der Waals surface area contributed by atoms with Crippen LogP contribution in [0.15, 0.2) is 23.1 Å². The molecular formula is C15H20FNO4S2. The Morgan fingerprint density at radius 1 is 1.26 bits per heavy atom. The molecule has 128 valence electrons. The Hall–Kier alpha value is -0.990. The van der Waals surface area contributed by atoms with Crippen LogP contribution in [-0.2, 0) is 19.9 Å². The van der Waals surface area contributed by atoms with Crippen LogP contribution in [0.5, 0.6) is 0 Å². The predicted octanol–water partition coefficient (Wildman–Crippen LogP) is 1.72. The van der Waals surface area contributed by atoms with Crippen LogP contribution in [0.25, 0.3) is 0 Å². The van der Waals surface area contributed by atoms with E-state index in [0.717, 1.165) is 25.3 Å². The van der Waals surface area contributed by atoms with Crippen molar-refractivity contribution in [2.75, 3.05) is 18.1 Å². The first kappa shape index (κ1) is 16.9. The van der Waals surface area contributed by atoms with Gasteiger partial charge in [-0.25, -0.2) is 21.2 Å². The molecule has 0 amide bonds. The van der Waals surface area contributed by atoms with Gasteiger partial charge in [0.05, 0.1) is 16.4 Å². The number of hydrogen-bond acceptors (Lipinski definition) is 4. The SMILES string of the molecule is Cc1cc(F)ccc1S(=O)(=O)N1CCS(=O)(=O)C[C@H]1C1CCC1. The molecule has 3 rings (SSSR count). The standard InChI is InChI=1S/C15H20FNO4S2/c1-11-9-13(16)5-6-15(11)23(20,21)17-7-8-22(18,19)10-14(17)12-3-2-4-12/h5-6,9,12,14H,2-4,7-8,10H2,1H3/t14-/m0/s1. The maximum absolute atomic E-state index is 13.3. The van der Waals surface area contributed by atoms with Crippen LogP contribution in [0.2, 0.25) is 0 Å². The Morgan fingerprint density at radius 3 is 2.52 bits per heavy atom. The van der Waals surface area contributed by atoms with Gasteiger partial charge in [0.1, 0.15) is 5.82 Å². The molecule has 1 atom stereocenters. The van der Waals surface area contributed by atoms with E-state index in [9.17, 15) is 21.2 Å². The van der Waals surface area contributed by atoms with E-state index in [1.807, 2.05) is 0 Å². The summed E-state index contributed by atoms with van der Waals surface area (Å²) in [6, 6.07) is 3.07. The minimum absolute atomic E-state index is 0.0251. The summed E-state index contributed by atoms with van der Waals surface area (Å²) in [7, 11) is -7.04. The quantitative estimate of drug-likeness (QED) is 0.822. The van der Waals surface area contributed by atoms with Gasteiger partial charge in [-0.05, 0) is 49.4 Å². The zero-order chi connectivity index (χ0) is 16.8. The molecule has 1 heterocycles. The predicted molar refractivity (Wildman–Crippen MR) is 84.8 cm³/mol. The second-order valence-corrected chi connectivity index (χ2v) is 10.5. The molecule has 0 aromatic heterocycles. The van der Waals surface area contributed by atoms with Crippen LogP contribution >= 0.6 is 0 Å². The van der Waals surface area contributed by atoms with Crippen molar-refractivity contribution in [3.63, 3.8) is 0 Å². The van der Waals surface area contributed by atoms with Crippen LogP contribution in [0, 0.1) is 18.7 Å². The molecule has 1 aliphatic carbocycles. The van der Waals surface area contributed by atoms with E-state index in [2.05, 4.69) is 0 Å². The fourth-order valence-corrected chi connectivity index (χ4v) is 7.06. The number of hydrogen-bond donors (Lipinski definition) is 0. The Morgan fingerprint density at radius 2 is 1.96 bits per heavy atom. The molecule has 0 bridgehead atoms. The van der Waals surface area contributed by atoms with Crippen molar-refractivity contribution in [2.24, 2.45) is 5.92 Å². The lowest BCUT2D eigenvalue weighted by molar-refractivity contribution is 0.175. The van der Waals surface area contributed by atoms with Gasteiger partial charge in [-0.1, -0.05) is 6.42 Å². The molecule has 5 nitrogen and oxygen atoms in total. The van der Waals surface area contributed by atoms with E-state index in [4.69, 9.17) is 0 Å². The van der Waals surface area contributed by atoms with Crippen molar-refractivity contribution in [3.05, 3.63) is 29.6 Å². The molecule has 0 N–H and O–H groups in total. The highest BCUT2D eigenvalue weighted by Crippen LogP contribution is 2.37. The average Bonchev–Trinajstić information content (AvgIpc) is 2.34. The monoisotopic (exact) mass is 361 g/mol. The fraction of sp³-hybridized carbons (Fsp3) is 0.600. The summed E-state index contributed by atoms with van der Waals surface area (Å²) < 4.78 is 64.5. The highest BCUT2D eigenvalue weighted by molar-refractivity contribution is 7.92. The Bertz CT molecular complexity index is 816. The van der Waals surface area contributed by atoms with E-state index >= 15 is 0 Å². The Balaban J connectivity index is 1.99. The smallest absolute Gasteiger partial charge is 0.229 e. The minimum Gasteiger partial charge on any atom is -0.229 e. The second kappa shape index (κ2) is 5.82. The van der Waals surface area contributed by atoms with Crippen molar-refractivity contribution in [1.82, 2.24) is 4.31 Å². The van der Waals surface area contributed by atoms with Crippen LogP contribution in [0.1, 0.15) is 24.8 Å². The first-order valence-electron chi connectivity index (χ1n) is 7.69. The molecule has 1 aromatic carbocycles. The summed E-state index contributed by atoms with van der Waals surface area (Å²) in [6.07, 6.45) is 2.72. The maximum Gasteiger partial charge on any atom is 0.243 e. The number of benzene rings is 1. The summed E-state index contributed by atoms with van der Waals surface area (Å²) in [5, 5.41) is 0. The van der Waals surface area contributed by atoms with Crippen molar-refractivity contribution in [3.8, 4) is 0 Å². The third kappa shape index (κ3) is 3.16. The highest BCUT2D eigenvalue weighted by atomic mass is 32.2. The lowest BCUT2D eigenvalue weighted by Gasteiger charge is -2.42. The number of rotatable bonds is 3. The summed E-state index contributed by atoms with van der Waals surface area (Å²) in [5.74, 6) is -0.661. The lowest BCUT2D eigenvalue weighted by Crippen LogP contribution is -2.55. The zero-order valence-electron chi connectivity index (χ0n) is 12.9. The van der Waals surface area contributed by atoms with Gasteiger partial charge in [0.25, 0.3) is 0 Å². The number of nitrogens with zero attached hydrogens (tertiary/aromatic N) is 1. The molecule has 2 aliphatic rings. The summed E-state index contributed by atoms with van der Waals surface area (Å²) in [4.78, 5) is 0.0579. The van der Waals surface area contributed by atoms with Gasteiger partial charge in [-0.2, -0.15) is 4.31 Å². The second-order valence-electron chi connectivity index (χ2n) is 6.40. The molecule has 23 heavy (non-hydrogen) atoms. The van der Waals surface area contributed by atoms with Crippen molar-refractivity contribution in [2.45, 2.75) is 37.1 Å². The van der Waals surface area contributed by atoms with Crippen molar-refractivity contribution in [1.29, 1.82) is 0 Å². The lowest BCUT2D eigenvalue weighted by atomic mass is 9.80. The first-order chi connectivity index (χ1) is 10.7. The van der Waals surface area contributed by atoms with Crippen molar-refractivity contribution >= 4 is 19.9 Å². The topological polar surface area (TPSA) is 71.5 Å².